The first-order valence-corrected chi connectivity index (χ1v) is 5.47. The van der Waals surface area contributed by atoms with E-state index >= 15 is 0 Å². The molecule has 1 aromatic heterocycles. The quantitative estimate of drug-likeness (QED) is 0.773. The van der Waals surface area contributed by atoms with Gasteiger partial charge in [0.15, 0.2) is 5.78 Å². The number of nitrogens with one attached hydrogen (secondary N) is 1. The maximum Gasteiger partial charge on any atom is 0.181 e. The molecule has 1 aromatic carbocycles. The standard InChI is InChI=1S/C13H16N2O/c1-8(2)12(14)13(16)10-7-15-11-6-4-3-5-9(10)11/h3-8,12,15H,14H2,1-2H3. The van der Waals surface area contributed by atoms with E-state index in [-0.39, 0.29) is 11.7 Å². The average molecular weight is 216 g/mol. The molecule has 16 heavy (non-hydrogen) atoms. The number of carbonyl (C=O) groups is 1. The van der Waals surface area contributed by atoms with Crippen LogP contribution in [0.25, 0.3) is 10.9 Å². The number of H-pyrrole nitrogens is 1. The van der Waals surface area contributed by atoms with Crippen LogP contribution >= 0.6 is 0 Å². The Kier molecular flexibility index (Phi) is 2.79. The number of para-hydroxylation sites is 1. The van der Waals surface area contributed by atoms with Crippen molar-refractivity contribution in [3.8, 4) is 0 Å². The number of aromatic amines is 1. The summed E-state index contributed by atoms with van der Waals surface area (Å²) in [5.74, 6) is 0.161. The molecule has 0 radical (unpaired) electrons. The van der Waals surface area contributed by atoms with Crippen LogP contribution < -0.4 is 5.73 Å². The van der Waals surface area contributed by atoms with E-state index in [1.807, 2.05) is 38.1 Å². The summed E-state index contributed by atoms with van der Waals surface area (Å²) < 4.78 is 0. The Labute approximate surface area is 94.6 Å². The first-order valence-electron chi connectivity index (χ1n) is 5.47. The van der Waals surface area contributed by atoms with E-state index < -0.39 is 6.04 Å². The summed E-state index contributed by atoms with van der Waals surface area (Å²) in [5.41, 5.74) is 7.54. The van der Waals surface area contributed by atoms with Crippen molar-refractivity contribution in [2.45, 2.75) is 19.9 Å². The van der Waals surface area contributed by atoms with Crippen molar-refractivity contribution in [2.75, 3.05) is 0 Å². The molecule has 1 heterocycles. The Balaban J connectivity index is 2.44. The Morgan fingerprint density at radius 3 is 2.69 bits per heavy atom. The van der Waals surface area contributed by atoms with E-state index in [9.17, 15) is 4.79 Å². The number of hydrogen-bond acceptors (Lipinski definition) is 2. The summed E-state index contributed by atoms with van der Waals surface area (Å²) >= 11 is 0. The second-order valence-corrected chi connectivity index (χ2v) is 4.38. The molecule has 2 rings (SSSR count). The van der Waals surface area contributed by atoms with Gasteiger partial charge in [-0.25, -0.2) is 0 Å². The third kappa shape index (κ3) is 1.74. The van der Waals surface area contributed by atoms with Gasteiger partial charge in [-0.2, -0.15) is 0 Å². The second-order valence-electron chi connectivity index (χ2n) is 4.38. The van der Waals surface area contributed by atoms with Crippen LogP contribution in [-0.2, 0) is 0 Å². The number of hydrogen-bond donors (Lipinski definition) is 2. The Hall–Kier alpha value is -1.61. The summed E-state index contributed by atoms with van der Waals surface area (Å²) in [6, 6.07) is 7.32. The molecule has 3 heteroatoms. The zero-order valence-electron chi connectivity index (χ0n) is 9.53. The highest BCUT2D eigenvalue weighted by atomic mass is 16.1. The van der Waals surface area contributed by atoms with E-state index in [0.29, 0.717) is 5.56 Å². The minimum Gasteiger partial charge on any atom is -0.360 e. The fourth-order valence-electron chi connectivity index (χ4n) is 1.76. The molecule has 0 fully saturated rings. The fraction of sp³-hybridized carbons (Fsp3) is 0.308. The van der Waals surface area contributed by atoms with Crippen molar-refractivity contribution >= 4 is 16.7 Å². The van der Waals surface area contributed by atoms with Crippen LogP contribution in [0.4, 0.5) is 0 Å². The molecule has 0 spiro atoms. The number of nitrogens with two attached hydrogens (primary N) is 1. The Bertz CT molecular complexity index is 513. The van der Waals surface area contributed by atoms with E-state index in [2.05, 4.69) is 4.98 Å². The van der Waals surface area contributed by atoms with Gasteiger partial charge in [0.25, 0.3) is 0 Å². The number of aromatic nitrogens is 1. The lowest BCUT2D eigenvalue weighted by Gasteiger charge is -2.13. The highest BCUT2D eigenvalue weighted by Gasteiger charge is 2.21. The lowest BCUT2D eigenvalue weighted by molar-refractivity contribution is 0.0942. The van der Waals surface area contributed by atoms with Crippen LogP contribution in [0, 0.1) is 5.92 Å². The predicted molar refractivity (Wildman–Crippen MR) is 65.4 cm³/mol. The summed E-state index contributed by atoms with van der Waals surface area (Å²) in [5, 5.41) is 0.948. The number of ketones is 1. The van der Waals surface area contributed by atoms with Crippen molar-refractivity contribution in [2.24, 2.45) is 11.7 Å². The first-order chi connectivity index (χ1) is 7.61. The molecule has 0 amide bonds. The van der Waals surface area contributed by atoms with Crippen molar-refractivity contribution < 1.29 is 4.79 Å². The van der Waals surface area contributed by atoms with Crippen molar-refractivity contribution in [3.63, 3.8) is 0 Å². The van der Waals surface area contributed by atoms with Gasteiger partial charge in [0.1, 0.15) is 0 Å². The van der Waals surface area contributed by atoms with E-state index in [1.165, 1.54) is 0 Å². The van der Waals surface area contributed by atoms with Crippen molar-refractivity contribution in [3.05, 3.63) is 36.0 Å². The molecule has 0 aliphatic rings. The molecule has 0 saturated carbocycles. The molecule has 84 valence electrons. The van der Waals surface area contributed by atoms with E-state index in [4.69, 9.17) is 5.73 Å². The van der Waals surface area contributed by atoms with Gasteiger partial charge in [0.2, 0.25) is 0 Å². The van der Waals surface area contributed by atoms with Gasteiger partial charge in [0.05, 0.1) is 6.04 Å². The summed E-state index contributed by atoms with van der Waals surface area (Å²) in [6.45, 7) is 3.91. The third-order valence-electron chi connectivity index (χ3n) is 2.88. The van der Waals surface area contributed by atoms with Crippen LogP contribution in [0.15, 0.2) is 30.5 Å². The van der Waals surface area contributed by atoms with Crippen LogP contribution in [0.1, 0.15) is 24.2 Å². The third-order valence-corrected chi connectivity index (χ3v) is 2.88. The van der Waals surface area contributed by atoms with Crippen LogP contribution in [0.2, 0.25) is 0 Å². The largest absolute Gasteiger partial charge is 0.360 e. The average Bonchev–Trinajstić information content (AvgIpc) is 2.70. The molecule has 1 atom stereocenters. The minimum atomic E-state index is -0.431. The van der Waals surface area contributed by atoms with Gasteiger partial charge in [0, 0.05) is 22.7 Å². The fourth-order valence-corrected chi connectivity index (χ4v) is 1.76. The number of benzene rings is 1. The SMILES string of the molecule is CC(C)C(N)C(=O)c1c[nH]c2ccccc12. The minimum absolute atomic E-state index is 0.00690. The van der Waals surface area contributed by atoms with E-state index in [0.717, 1.165) is 10.9 Å². The molecule has 0 saturated heterocycles. The number of fused-ring (bicyclic) bond motifs is 1. The number of carbonyl (C=O) groups excluding carboxylic acids is 1. The highest BCUT2D eigenvalue weighted by molar-refractivity contribution is 6.10. The van der Waals surface area contributed by atoms with Gasteiger partial charge in [-0.1, -0.05) is 32.0 Å². The normalized spacial score (nSPS) is 13.2. The molecule has 0 bridgehead atoms. The molecule has 0 aliphatic carbocycles. The van der Waals surface area contributed by atoms with Gasteiger partial charge in [-0.3, -0.25) is 4.79 Å². The molecule has 2 aromatic rings. The molecule has 3 nitrogen and oxygen atoms in total. The number of Topliss-reactive ketones (excluding diaryl/α,β-unsaturated/α-hetero) is 1. The van der Waals surface area contributed by atoms with Crippen molar-refractivity contribution in [1.82, 2.24) is 4.98 Å². The van der Waals surface area contributed by atoms with Crippen LogP contribution in [0.3, 0.4) is 0 Å². The maximum atomic E-state index is 12.1. The molecule has 3 N–H and O–H groups in total. The molecular formula is C13H16N2O. The Morgan fingerprint density at radius 1 is 1.31 bits per heavy atom. The lowest BCUT2D eigenvalue weighted by atomic mass is 9.96. The zero-order chi connectivity index (χ0) is 11.7. The van der Waals surface area contributed by atoms with E-state index in [1.54, 1.807) is 6.20 Å². The second kappa shape index (κ2) is 4.10. The van der Waals surface area contributed by atoms with Crippen molar-refractivity contribution in [1.29, 1.82) is 0 Å². The van der Waals surface area contributed by atoms with Gasteiger partial charge in [-0.05, 0) is 12.0 Å². The zero-order valence-corrected chi connectivity index (χ0v) is 9.53. The topological polar surface area (TPSA) is 58.9 Å². The molecule has 0 aliphatic heterocycles. The van der Waals surface area contributed by atoms with Gasteiger partial charge < -0.3 is 10.7 Å². The lowest BCUT2D eigenvalue weighted by Crippen LogP contribution is -2.35. The number of rotatable bonds is 3. The summed E-state index contributed by atoms with van der Waals surface area (Å²) in [7, 11) is 0. The smallest absolute Gasteiger partial charge is 0.181 e. The highest BCUT2D eigenvalue weighted by Crippen LogP contribution is 2.20. The summed E-state index contributed by atoms with van der Waals surface area (Å²) in [6.07, 6.45) is 1.75. The first kappa shape index (κ1) is 10.9. The summed E-state index contributed by atoms with van der Waals surface area (Å²) in [4.78, 5) is 15.2. The van der Waals surface area contributed by atoms with Gasteiger partial charge in [-0.15, -0.1) is 0 Å². The van der Waals surface area contributed by atoms with Crippen LogP contribution in [-0.4, -0.2) is 16.8 Å². The molecule has 1 unspecified atom stereocenters. The molecular weight excluding hydrogens is 200 g/mol. The Morgan fingerprint density at radius 2 is 2.00 bits per heavy atom. The predicted octanol–water partition coefficient (Wildman–Crippen LogP) is 2.33. The monoisotopic (exact) mass is 216 g/mol. The van der Waals surface area contributed by atoms with Gasteiger partial charge >= 0.3 is 0 Å². The van der Waals surface area contributed by atoms with Crippen LogP contribution in [0.5, 0.6) is 0 Å². The maximum absolute atomic E-state index is 12.1.